The van der Waals surface area contributed by atoms with Crippen molar-refractivity contribution >= 4 is 26.2 Å². The van der Waals surface area contributed by atoms with Gasteiger partial charge in [0.15, 0.2) is 0 Å². The zero-order chi connectivity index (χ0) is 3.58. The van der Waals surface area contributed by atoms with E-state index in [1.54, 1.807) is 0 Å². The molecule has 3 nitrogen and oxygen atoms in total. The van der Waals surface area contributed by atoms with Gasteiger partial charge in [-0.15, -0.1) is 0 Å². The molecule has 0 rings (SSSR count). The van der Waals surface area contributed by atoms with Gasteiger partial charge in [0.05, 0.1) is 0 Å². The van der Waals surface area contributed by atoms with E-state index >= 15 is 0 Å². The van der Waals surface area contributed by atoms with Gasteiger partial charge in [0.25, 0.3) is 0 Å². The summed E-state index contributed by atoms with van der Waals surface area (Å²) >= 11 is 0. The molecule has 0 aliphatic carbocycles. The molecular weight excluding hydrogens is 84.7 g/mol. The van der Waals surface area contributed by atoms with Crippen molar-refractivity contribution in [2.45, 2.75) is 0 Å². The Morgan fingerprint density at radius 3 is 1.00 bits per heavy atom. The Morgan fingerprint density at radius 1 is 1.00 bits per heavy atom. The molecule has 0 amide bonds. The Balaban J connectivity index is -0.0000000450. The third-order valence-corrected chi connectivity index (χ3v) is 0. The van der Waals surface area contributed by atoms with Crippen LogP contribution in [-0.2, 0) is 0 Å². The van der Waals surface area contributed by atoms with Crippen molar-refractivity contribution in [2.24, 2.45) is 0 Å². The molecule has 0 aromatic carbocycles. The third kappa shape index (κ3) is 242. The van der Waals surface area contributed by atoms with E-state index in [2.05, 4.69) is 0 Å². The Labute approximate surface area is 46.7 Å². The molecule has 0 heterocycles. The van der Waals surface area contributed by atoms with E-state index in [4.69, 9.17) is 15.1 Å². The Bertz CT molecular complexity index is 15.5. The van der Waals surface area contributed by atoms with Gasteiger partial charge in [0, 0.05) is 0 Å². The molecule has 6 heavy (non-hydrogen) atoms. The summed E-state index contributed by atoms with van der Waals surface area (Å²) < 4.78 is 0. The van der Waals surface area contributed by atoms with E-state index in [0.29, 0.717) is 0 Å². The fraction of sp³-hybridized carbons (Fsp3) is 0. The first-order valence-electron chi connectivity index (χ1n) is 0.775. The fourth-order valence-corrected chi connectivity index (χ4v) is 0. The van der Waals surface area contributed by atoms with Crippen molar-refractivity contribution in [1.82, 2.24) is 0 Å². The van der Waals surface area contributed by atoms with Crippen molar-refractivity contribution in [2.75, 3.05) is 0 Å². The molecule has 0 aromatic rings. The predicted molar refractivity (Wildman–Crippen MR) is 22.1 cm³/mol. The number of halogens is 1. The molecule has 0 aliphatic heterocycles. The average Bonchev–Trinajstić information content (AvgIpc) is 0.811. The van der Waals surface area contributed by atoms with Crippen molar-refractivity contribution in [3.8, 4) is 0 Å². The maximum absolute atomic E-state index is 7.17. The normalized spacial score (nSPS) is 4.50. The van der Waals surface area contributed by atoms with E-state index in [0.717, 1.165) is 0 Å². The van der Waals surface area contributed by atoms with Crippen LogP contribution in [0.15, 0.2) is 0 Å². The number of hydrogen-bond donors (Lipinski definition) is 3. The monoisotopic (exact) mass is 90.0 g/mol. The van der Waals surface area contributed by atoms with Gasteiger partial charge in [0.1, 0.15) is 0 Å². The van der Waals surface area contributed by atoms with Crippen molar-refractivity contribution in [3.63, 3.8) is 0 Å². The van der Waals surface area contributed by atoms with Gasteiger partial charge >= 0.3 is 26.2 Å². The average molecular weight is 89.8 g/mol. The summed E-state index contributed by atoms with van der Waals surface area (Å²) in [6.45, 7) is 0. The van der Waals surface area contributed by atoms with Crippen molar-refractivity contribution < 1.29 is 19.8 Å². The molecule has 3 N–H and O–H groups in total. The van der Waals surface area contributed by atoms with E-state index in [9.17, 15) is 0 Å². The first-order valence-corrected chi connectivity index (χ1v) is 0.775. The zero-order valence-corrected chi connectivity index (χ0v) is 2.33. The molecule has 0 saturated carbocycles. The molecule has 0 unspecified atom stereocenters. The van der Waals surface area contributed by atoms with Crippen LogP contribution in [0, 0.1) is 0 Å². The van der Waals surface area contributed by atoms with Crippen LogP contribution in [0.1, 0.15) is 0 Å². The van der Waals surface area contributed by atoms with Crippen molar-refractivity contribution in [3.05, 3.63) is 0 Å². The second-order valence-corrected chi connectivity index (χ2v) is 0.346. The van der Waals surface area contributed by atoms with E-state index in [1.165, 1.54) is 0 Å². The maximum atomic E-state index is 7.17. The third-order valence-electron chi connectivity index (χ3n) is 0. The number of hydrogen-bond acceptors (Lipinski definition) is 3. The summed E-state index contributed by atoms with van der Waals surface area (Å²) in [5.41, 5.74) is 0. The summed E-state index contributed by atoms with van der Waals surface area (Å²) in [4.78, 5) is 0. The van der Waals surface area contributed by atoms with Crippen molar-refractivity contribution in [1.29, 1.82) is 0 Å². The van der Waals surface area contributed by atoms with Gasteiger partial charge in [0.2, 0.25) is 0 Å². The molecule has 0 bridgehead atoms. The van der Waals surface area contributed by atoms with Crippen LogP contribution in [0.3, 0.4) is 0 Å². The first kappa shape index (κ1) is 16.1. The molecule has 0 atom stereocenters. The van der Waals surface area contributed by atoms with Crippen LogP contribution in [0.4, 0.5) is 4.70 Å². The van der Waals surface area contributed by atoms with Gasteiger partial charge < -0.3 is 15.1 Å². The molecule has 0 aromatic heterocycles. The van der Waals surface area contributed by atoms with E-state index in [-0.39, 0.29) is 23.6 Å². The van der Waals surface area contributed by atoms with Gasteiger partial charge in [-0.1, -0.05) is 0 Å². The van der Waals surface area contributed by atoms with Crippen LogP contribution in [0.25, 0.3) is 0 Å². The SMILES string of the molecule is F.OB(O)O.[LiH]. The summed E-state index contributed by atoms with van der Waals surface area (Å²) in [7, 11) is -2.17. The minimum atomic E-state index is -2.17. The first-order chi connectivity index (χ1) is 1.73. The summed E-state index contributed by atoms with van der Waals surface area (Å²) in [5.74, 6) is 0. The van der Waals surface area contributed by atoms with Crippen LogP contribution in [0.5, 0.6) is 0 Å². The molecule has 0 aliphatic rings. The Hall–Kier alpha value is 0.472. The Kier molecular flexibility index (Phi) is 24.3. The van der Waals surface area contributed by atoms with Crippen LogP contribution in [0.2, 0.25) is 0 Å². The van der Waals surface area contributed by atoms with Gasteiger partial charge in [-0.05, 0) is 0 Å². The second-order valence-electron chi connectivity index (χ2n) is 0.346. The standard InChI is InChI=1S/BH3O3.FH.Li.H/c2-1(3)4;;;/h2-4H;1H;;. The molecule has 6 heteroatoms. The Morgan fingerprint density at radius 2 is 1.00 bits per heavy atom. The fourth-order valence-electron chi connectivity index (χ4n) is 0. The molecule has 0 radical (unpaired) electrons. The molecule has 34 valence electrons. The van der Waals surface area contributed by atoms with Gasteiger partial charge in [-0.3, -0.25) is 4.70 Å². The number of rotatable bonds is 0. The zero-order valence-electron chi connectivity index (χ0n) is 2.33. The molecular formula is H5BFLiO3. The summed E-state index contributed by atoms with van der Waals surface area (Å²) in [6, 6.07) is 0. The van der Waals surface area contributed by atoms with Gasteiger partial charge in [-0.25, -0.2) is 0 Å². The van der Waals surface area contributed by atoms with Crippen LogP contribution < -0.4 is 0 Å². The molecule has 0 fully saturated rings. The summed E-state index contributed by atoms with van der Waals surface area (Å²) in [5, 5.41) is 21.5. The quantitative estimate of drug-likeness (QED) is 0.287. The second kappa shape index (κ2) is 9.08. The van der Waals surface area contributed by atoms with Gasteiger partial charge in [-0.2, -0.15) is 0 Å². The van der Waals surface area contributed by atoms with Crippen LogP contribution in [-0.4, -0.2) is 41.3 Å². The van der Waals surface area contributed by atoms with E-state index in [1.807, 2.05) is 0 Å². The minimum absolute atomic E-state index is 0. The molecule has 0 saturated heterocycles. The van der Waals surface area contributed by atoms with Crippen LogP contribution >= 0.6 is 0 Å². The molecule has 0 spiro atoms. The van der Waals surface area contributed by atoms with E-state index < -0.39 is 7.32 Å². The topological polar surface area (TPSA) is 60.7 Å². The predicted octanol–water partition coefficient (Wildman–Crippen LogP) is -2.55. The summed E-state index contributed by atoms with van der Waals surface area (Å²) in [6.07, 6.45) is 0.